The summed E-state index contributed by atoms with van der Waals surface area (Å²) < 4.78 is 1.58. The van der Waals surface area contributed by atoms with Gasteiger partial charge in [0.15, 0.2) is 0 Å². The number of hydrogen-bond donors (Lipinski definition) is 0. The summed E-state index contributed by atoms with van der Waals surface area (Å²) in [4.78, 5) is 26.9. The highest BCUT2D eigenvalue weighted by molar-refractivity contribution is 7.98. The lowest BCUT2D eigenvalue weighted by atomic mass is 10.2. The topological polar surface area (TPSA) is 60.7 Å². The molecule has 0 saturated carbocycles. The van der Waals surface area contributed by atoms with Crippen LogP contribution in [0.25, 0.3) is 27.5 Å². The molecule has 0 bridgehead atoms. The first-order chi connectivity index (χ1) is 15.1. The number of rotatable bonds is 4. The number of fused-ring (bicyclic) bond motifs is 2. The van der Waals surface area contributed by atoms with E-state index in [1.807, 2.05) is 42.5 Å². The highest BCUT2D eigenvalue weighted by Crippen LogP contribution is 2.29. The zero-order valence-corrected chi connectivity index (χ0v) is 18.3. The van der Waals surface area contributed by atoms with Gasteiger partial charge >= 0.3 is 0 Å². The Morgan fingerprint density at radius 2 is 1.58 bits per heavy atom. The zero-order valence-electron chi connectivity index (χ0n) is 16.0. The summed E-state index contributed by atoms with van der Waals surface area (Å²) in [6.45, 7) is 0. The number of para-hydroxylation sites is 2. The van der Waals surface area contributed by atoms with Crippen LogP contribution in [0.1, 0.15) is 5.82 Å². The maximum absolute atomic E-state index is 13.4. The predicted molar refractivity (Wildman–Crippen MR) is 126 cm³/mol. The molecule has 5 nitrogen and oxygen atoms in total. The lowest BCUT2D eigenvalue weighted by molar-refractivity contribution is 0.883. The van der Waals surface area contributed by atoms with Crippen molar-refractivity contribution in [2.24, 2.45) is 0 Å². The van der Waals surface area contributed by atoms with Crippen molar-refractivity contribution in [2.45, 2.75) is 10.8 Å². The molecular weight excluding hydrogens is 451 g/mol. The normalized spacial score (nSPS) is 11.3. The molecule has 0 N–H and O–H groups in total. The lowest BCUT2D eigenvalue weighted by Gasteiger charge is -2.14. The number of thioether (sulfide) groups is 1. The van der Waals surface area contributed by atoms with Gasteiger partial charge in [0.05, 0.1) is 37.9 Å². The largest absolute Gasteiger partial charge is 0.268 e. The first-order valence-corrected chi connectivity index (χ1v) is 11.1. The van der Waals surface area contributed by atoms with Gasteiger partial charge in [-0.15, -0.1) is 0 Å². The van der Waals surface area contributed by atoms with Crippen molar-refractivity contribution in [1.29, 1.82) is 0 Å². The molecule has 3 aromatic carbocycles. The molecule has 5 rings (SSSR count). The van der Waals surface area contributed by atoms with Gasteiger partial charge in [-0.3, -0.25) is 9.36 Å². The van der Waals surface area contributed by atoms with E-state index in [1.165, 1.54) is 11.8 Å². The molecule has 0 amide bonds. The van der Waals surface area contributed by atoms with Crippen LogP contribution in [0.5, 0.6) is 0 Å². The molecule has 0 atom stereocenters. The molecule has 31 heavy (non-hydrogen) atoms. The van der Waals surface area contributed by atoms with Crippen LogP contribution in [-0.4, -0.2) is 19.5 Å². The molecule has 5 aromatic rings. The summed E-state index contributed by atoms with van der Waals surface area (Å²) >= 11 is 13.8. The summed E-state index contributed by atoms with van der Waals surface area (Å²) in [7, 11) is 0. The van der Waals surface area contributed by atoms with Gasteiger partial charge in [0.25, 0.3) is 5.56 Å². The number of aromatic nitrogens is 4. The third-order valence-electron chi connectivity index (χ3n) is 4.85. The second kappa shape index (κ2) is 8.30. The van der Waals surface area contributed by atoms with Crippen molar-refractivity contribution in [3.8, 4) is 5.69 Å². The fraction of sp³-hybridized carbons (Fsp3) is 0.0435. The van der Waals surface area contributed by atoms with Crippen LogP contribution in [0.15, 0.2) is 82.9 Å². The smallest absolute Gasteiger partial charge is 0.265 e. The molecule has 0 aliphatic carbocycles. The van der Waals surface area contributed by atoms with Crippen LogP contribution in [0.2, 0.25) is 10.0 Å². The molecule has 0 saturated heterocycles. The number of benzene rings is 3. The molecule has 152 valence electrons. The van der Waals surface area contributed by atoms with E-state index < -0.39 is 0 Å². The standard InChI is InChI=1S/C23H14Cl2N4OS/c24-17-10-9-14(11-18(17)25)29-21(28-20-8-4-2-6-16(20)23(29)30)12-31-22-15-5-1-3-7-19(15)26-13-27-22/h1-11,13H,12H2. The Morgan fingerprint density at radius 3 is 2.39 bits per heavy atom. The van der Waals surface area contributed by atoms with Gasteiger partial charge in [0, 0.05) is 5.39 Å². The summed E-state index contributed by atoms with van der Waals surface area (Å²) in [5.74, 6) is 1.02. The van der Waals surface area contributed by atoms with E-state index in [1.54, 1.807) is 35.2 Å². The molecule has 0 spiro atoms. The molecule has 0 unspecified atom stereocenters. The van der Waals surface area contributed by atoms with E-state index in [-0.39, 0.29) is 5.56 Å². The Balaban J connectivity index is 1.65. The first-order valence-electron chi connectivity index (χ1n) is 9.40. The maximum Gasteiger partial charge on any atom is 0.265 e. The highest BCUT2D eigenvalue weighted by Gasteiger charge is 2.15. The van der Waals surface area contributed by atoms with Crippen molar-refractivity contribution in [3.63, 3.8) is 0 Å². The predicted octanol–water partition coefficient (Wildman–Crippen LogP) is 5.93. The van der Waals surface area contributed by atoms with Crippen LogP contribution in [-0.2, 0) is 5.75 Å². The third-order valence-corrected chi connectivity index (χ3v) is 6.59. The molecule has 2 aromatic heterocycles. The second-order valence-corrected chi connectivity index (χ2v) is 8.55. The summed E-state index contributed by atoms with van der Waals surface area (Å²) in [5.41, 5.74) is 1.97. The number of halogens is 2. The second-order valence-electron chi connectivity index (χ2n) is 6.77. The van der Waals surface area contributed by atoms with E-state index in [4.69, 9.17) is 28.2 Å². The first kappa shape index (κ1) is 20.0. The zero-order chi connectivity index (χ0) is 21.4. The van der Waals surface area contributed by atoms with E-state index in [2.05, 4.69) is 9.97 Å². The van der Waals surface area contributed by atoms with Gasteiger partial charge in [-0.1, -0.05) is 65.3 Å². The molecule has 8 heteroatoms. The average Bonchev–Trinajstić information content (AvgIpc) is 2.80. The van der Waals surface area contributed by atoms with Gasteiger partial charge < -0.3 is 0 Å². The monoisotopic (exact) mass is 464 g/mol. The van der Waals surface area contributed by atoms with Gasteiger partial charge in [0.2, 0.25) is 0 Å². The summed E-state index contributed by atoms with van der Waals surface area (Å²) in [6, 6.07) is 20.2. The van der Waals surface area contributed by atoms with Gasteiger partial charge in [-0.25, -0.2) is 15.0 Å². The Labute approximate surface area is 191 Å². The third kappa shape index (κ3) is 3.78. The number of hydrogen-bond acceptors (Lipinski definition) is 5. The van der Waals surface area contributed by atoms with E-state index >= 15 is 0 Å². The van der Waals surface area contributed by atoms with Crippen molar-refractivity contribution in [1.82, 2.24) is 19.5 Å². The van der Waals surface area contributed by atoms with Crippen molar-refractivity contribution in [3.05, 3.63) is 99.3 Å². The number of nitrogens with zero attached hydrogens (tertiary/aromatic N) is 4. The molecule has 2 heterocycles. The highest BCUT2D eigenvalue weighted by atomic mass is 35.5. The molecule has 0 radical (unpaired) electrons. The van der Waals surface area contributed by atoms with Crippen LogP contribution >= 0.6 is 35.0 Å². The van der Waals surface area contributed by atoms with Crippen LogP contribution in [0.3, 0.4) is 0 Å². The van der Waals surface area contributed by atoms with E-state index in [9.17, 15) is 4.79 Å². The summed E-state index contributed by atoms with van der Waals surface area (Å²) in [5, 5.41) is 3.12. The summed E-state index contributed by atoms with van der Waals surface area (Å²) in [6.07, 6.45) is 1.55. The van der Waals surface area contributed by atoms with Crippen LogP contribution in [0, 0.1) is 0 Å². The van der Waals surface area contributed by atoms with E-state index in [0.717, 1.165) is 15.9 Å². The molecule has 0 fully saturated rings. The van der Waals surface area contributed by atoms with Crippen molar-refractivity contribution < 1.29 is 0 Å². The fourth-order valence-corrected chi connectivity index (χ4v) is 4.60. The molecular formula is C23H14Cl2N4OS. The minimum absolute atomic E-state index is 0.160. The van der Waals surface area contributed by atoms with Gasteiger partial charge in [0.1, 0.15) is 17.2 Å². The van der Waals surface area contributed by atoms with E-state index in [0.29, 0.717) is 38.2 Å². The van der Waals surface area contributed by atoms with Crippen LogP contribution in [0.4, 0.5) is 0 Å². The Kier molecular flexibility index (Phi) is 5.36. The molecule has 0 aliphatic rings. The SMILES string of the molecule is O=c1c2ccccc2nc(CSc2ncnc3ccccc23)n1-c1ccc(Cl)c(Cl)c1. The quantitative estimate of drug-likeness (QED) is 0.243. The fourth-order valence-electron chi connectivity index (χ4n) is 3.39. The minimum Gasteiger partial charge on any atom is -0.268 e. The van der Waals surface area contributed by atoms with Crippen molar-refractivity contribution >= 4 is 56.8 Å². The Hall–Kier alpha value is -2.93. The Bertz CT molecular complexity index is 1500. The Morgan fingerprint density at radius 1 is 0.839 bits per heavy atom. The average molecular weight is 465 g/mol. The maximum atomic E-state index is 13.4. The minimum atomic E-state index is -0.160. The molecule has 0 aliphatic heterocycles. The van der Waals surface area contributed by atoms with Crippen LogP contribution < -0.4 is 5.56 Å². The van der Waals surface area contributed by atoms with Gasteiger partial charge in [-0.05, 0) is 36.4 Å². The lowest BCUT2D eigenvalue weighted by Crippen LogP contribution is -2.23. The van der Waals surface area contributed by atoms with Crippen molar-refractivity contribution in [2.75, 3.05) is 0 Å². The van der Waals surface area contributed by atoms with Gasteiger partial charge in [-0.2, -0.15) is 0 Å².